The summed E-state index contributed by atoms with van der Waals surface area (Å²) >= 11 is 0. The van der Waals surface area contributed by atoms with Crippen LogP contribution in [-0.2, 0) is 16.1 Å². The van der Waals surface area contributed by atoms with Crippen molar-refractivity contribution in [2.24, 2.45) is 0 Å². The molecule has 190 valence electrons. The first-order valence-corrected chi connectivity index (χ1v) is 11.9. The Morgan fingerprint density at radius 3 is 2.64 bits per heavy atom. The van der Waals surface area contributed by atoms with Gasteiger partial charge in [-0.2, -0.15) is 0 Å². The minimum Gasteiger partial charge on any atom is -0.488 e. The third-order valence-corrected chi connectivity index (χ3v) is 5.49. The number of rotatable bonds is 5. The van der Waals surface area contributed by atoms with Crippen molar-refractivity contribution in [3.63, 3.8) is 0 Å². The van der Waals surface area contributed by atoms with Crippen molar-refractivity contribution in [2.45, 2.75) is 51.9 Å². The predicted molar refractivity (Wildman–Crippen MR) is 134 cm³/mol. The number of ether oxygens (including phenoxy) is 3. The number of fused-ring (bicyclic) bond motifs is 1. The lowest BCUT2D eigenvalue weighted by Crippen LogP contribution is -2.46. The predicted octanol–water partition coefficient (Wildman–Crippen LogP) is 5.32. The van der Waals surface area contributed by atoms with Gasteiger partial charge < -0.3 is 23.5 Å². The zero-order chi connectivity index (χ0) is 25.7. The fourth-order valence-electron chi connectivity index (χ4n) is 3.84. The van der Waals surface area contributed by atoms with Gasteiger partial charge in [-0.05, 0) is 57.4 Å². The number of nitrogens with zero attached hydrogens (tertiary/aromatic N) is 1. The van der Waals surface area contributed by atoms with Crippen molar-refractivity contribution >= 4 is 28.8 Å². The molecule has 3 aromatic rings. The number of anilines is 1. The third kappa shape index (κ3) is 6.78. The summed E-state index contributed by atoms with van der Waals surface area (Å²) in [6, 6.07) is 15.9. The summed E-state index contributed by atoms with van der Waals surface area (Å²) in [5.74, 6) is 0.518. The van der Waals surface area contributed by atoms with Gasteiger partial charge in [0.2, 0.25) is 0 Å². The van der Waals surface area contributed by atoms with Crippen LogP contribution in [-0.4, -0.2) is 41.9 Å². The van der Waals surface area contributed by atoms with Gasteiger partial charge in [-0.3, -0.25) is 5.32 Å². The maximum Gasteiger partial charge on any atom is 0.412 e. The van der Waals surface area contributed by atoms with Crippen LogP contribution in [0.3, 0.4) is 0 Å². The van der Waals surface area contributed by atoms with E-state index in [9.17, 15) is 14.4 Å². The van der Waals surface area contributed by atoms with Crippen molar-refractivity contribution < 1.29 is 28.2 Å². The highest BCUT2D eigenvalue weighted by Gasteiger charge is 2.28. The molecule has 1 saturated heterocycles. The largest absolute Gasteiger partial charge is 0.488 e. The van der Waals surface area contributed by atoms with Crippen LogP contribution in [0.1, 0.15) is 39.2 Å². The fraction of sp³-hybridized carbons (Fsp3) is 0.370. The number of carbonyl (C=O) groups is 2. The first-order valence-electron chi connectivity index (χ1n) is 11.9. The highest BCUT2D eigenvalue weighted by molar-refractivity contribution is 5.88. The molecule has 1 atom stereocenters. The zero-order valence-electron chi connectivity index (χ0n) is 20.6. The van der Waals surface area contributed by atoms with E-state index in [-0.39, 0.29) is 24.5 Å². The summed E-state index contributed by atoms with van der Waals surface area (Å²) in [6.45, 7) is 6.61. The lowest BCUT2D eigenvalue weighted by Gasteiger charge is -2.34. The second-order valence-electron chi connectivity index (χ2n) is 9.64. The smallest absolute Gasteiger partial charge is 0.412 e. The molecule has 1 N–H and O–H groups in total. The van der Waals surface area contributed by atoms with Gasteiger partial charge >= 0.3 is 17.8 Å². The van der Waals surface area contributed by atoms with E-state index in [1.165, 1.54) is 6.07 Å². The number of nitrogens with one attached hydrogen (secondary N) is 1. The standard InChI is InChI=1S/C27H30N2O7/c1-27(2,3)36-26(32)29-13-7-10-21(16-29)34-20-12-11-19-14-22(24(30)35-23(19)15-20)28-25(31)33-17-18-8-5-4-6-9-18/h4-6,8-9,11-12,14-15,21H,7,10,13,16-17H2,1-3H3,(H,28,31). The summed E-state index contributed by atoms with van der Waals surface area (Å²) in [5, 5.41) is 3.05. The van der Waals surface area contributed by atoms with Crippen LogP contribution in [0.5, 0.6) is 5.75 Å². The van der Waals surface area contributed by atoms with Crippen molar-refractivity contribution in [2.75, 3.05) is 18.4 Å². The Hall–Kier alpha value is -4.01. The minimum atomic E-state index is -0.753. The van der Waals surface area contributed by atoms with Crippen molar-refractivity contribution in [1.29, 1.82) is 0 Å². The van der Waals surface area contributed by atoms with E-state index in [4.69, 9.17) is 18.6 Å². The first-order chi connectivity index (χ1) is 17.2. The third-order valence-electron chi connectivity index (χ3n) is 5.49. The van der Waals surface area contributed by atoms with E-state index in [0.29, 0.717) is 29.8 Å². The number of amides is 2. The molecule has 1 aliphatic heterocycles. The highest BCUT2D eigenvalue weighted by atomic mass is 16.6. The number of carbonyl (C=O) groups excluding carboxylic acids is 2. The number of benzene rings is 2. The Labute approximate surface area is 208 Å². The Bertz CT molecular complexity index is 1280. The molecule has 9 nitrogen and oxygen atoms in total. The van der Waals surface area contributed by atoms with E-state index in [0.717, 1.165) is 18.4 Å². The number of piperidine rings is 1. The molecule has 1 aliphatic rings. The molecular formula is C27H30N2O7. The van der Waals surface area contributed by atoms with Gasteiger partial charge in [0, 0.05) is 18.0 Å². The van der Waals surface area contributed by atoms with Crippen LogP contribution < -0.4 is 15.7 Å². The van der Waals surface area contributed by atoms with Crippen LogP contribution in [0.25, 0.3) is 11.0 Å². The molecule has 0 saturated carbocycles. The summed E-state index contributed by atoms with van der Waals surface area (Å²) in [6.07, 6.45) is 0.257. The molecule has 0 bridgehead atoms. The molecule has 0 spiro atoms. The monoisotopic (exact) mass is 494 g/mol. The second kappa shape index (κ2) is 10.7. The van der Waals surface area contributed by atoms with Gasteiger partial charge in [-0.1, -0.05) is 30.3 Å². The van der Waals surface area contributed by atoms with Crippen LogP contribution in [0.2, 0.25) is 0 Å². The normalized spacial score (nSPS) is 15.9. The molecule has 4 rings (SSSR count). The van der Waals surface area contributed by atoms with E-state index >= 15 is 0 Å². The molecule has 0 radical (unpaired) electrons. The van der Waals surface area contributed by atoms with E-state index in [2.05, 4.69) is 5.32 Å². The van der Waals surface area contributed by atoms with E-state index in [1.54, 1.807) is 23.1 Å². The molecule has 2 amide bonds. The van der Waals surface area contributed by atoms with Gasteiger partial charge in [0.1, 0.15) is 35.3 Å². The number of hydrogen-bond donors (Lipinski definition) is 1. The lowest BCUT2D eigenvalue weighted by molar-refractivity contribution is 0.00776. The van der Waals surface area contributed by atoms with Crippen molar-refractivity contribution in [1.82, 2.24) is 4.90 Å². The molecule has 2 heterocycles. The second-order valence-corrected chi connectivity index (χ2v) is 9.64. The Kier molecular flexibility index (Phi) is 7.47. The molecule has 1 unspecified atom stereocenters. The van der Waals surface area contributed by atoms with Gasteiger partial charge in [-0.15, -0.1) is 0 Å². The Balaban J connectivity index is 1.38. The van der Waals surface area contributed by atoms with Crippen molar-refractivity contribution in [3.05, 3.63) is 70.6 Å². The number of hydrogen-bond acceptors (Lipinski definition) is 7. The molecule has 36 heavy (non-hydrogen) atoms. The topological polar surface area (TPSA) is 107 Å². The van der Waals surface area contributed by atoms with Crippen LogP contribution in [0.4, 0.5) is 15.3 Å². The average Bonchev–Trinajstić information content (AvgIpc) is 2.83. The maximum atomic E-state index is 12.4. The van der Waals surface area contributed by atoms with Crippen LogP contribution in [0.15, 0.2) is 63.8 Å². The van der Waals surface area contributed by atoms with Crippen LogP contribution in [0, 0.1) is 0 Å². The molecule has 1 aromatic heterocycles. The van der Waals surface area contributed by atoms with Crippen LogP contribution >= 0.6 is 0 Å². The van der Waals surface area contributed by atoms with E-state index in [1.807, 2.05) is 51.1 Å². The summed E-state index contributed by atoms with van der Waals surface area (Å²) in [5.41, 5.74) is -0.134. The lowest BCUT2D eigenvalue weighted by atomic mass is 10.1. The van der Waals surface area contributed by atoms with Gasteiger partial charge in [0.05, 0.1) is 6.54 Å². The average molecular weight is 495 g/mol. The molecule has 2 aromatic carbocycles. The minimum absolute atomic E-state index is 0.0190. The zero-order valence-corrected chi connectivity index (χ0v) is 20.6. The molecule has 0 aliphatic carbocycles. The summed E-state index contributed by atoms with van der Waals surface area (Å²) in [7, 11) is 0. The van der Waals surface area contributed by atoms with Crippen molar-refractivity contribution in [3.8, 4) is 5.75 Å². The Morgan fingerprint density at radius 2 is 1.89 bits per heavy atom. The van der Waals surface area contributed by atoms with E-state index < -0.39 is 17.3 Å². The summed E-state index contributed by atoms with van der Waals surface area (Å²) in [4.78, 5) is 38.6. The molecule has 9 heteroatoms. The van der Waals surface area contributed by atoms with Gasteiger partial charge in [0.15, 0.2) is 0 Å². The maximum absolute atomic E-state index is 12.4. The summed E-state index contributed by atoms with van der Waals surface area (Å²) < 4.78 is 22.1. The quantitative estimate of drug-likeness (QED) is 0.478. The first kappa shape index (κ1) is 25.1. The Morgan fingerprint density at radius 1 is 1.11 bits per heavy atom. The molecule has 1 fully saturated rings. The number of likely N-dealkylation sites (tertiary alicyclic amines) is 1. The van der Waals surface area contributed by atoms with Gasteiger partial charge in [-0.25, -0.2) is 14.4 Å². The molecular weight excluding hydrogens is 464 g/mol. The fourth-order valence-corrected chi connectivity index (χ4v) is 3.84. The highest BCUT2D eigenvalue weighted by Crippen LogP contribution is 2.25. The SMILES string of the molecule is CC(C)(C)OC(=O)N1CCCC(Oc2ccc3cc(NC(=O)OCc4ccccc4)c(=O)oc3c2)C1. The van der Waals surface area contributed by atoms with Gasteiger partial charge in [0.25, 0.3) is 0 Å².